The molecule has 0 aliphatic heterocycles. The van der Waals surface area contributed by atoms with Crippen LogP contribution in [0.3, 0.4) is 0 Å². The lowest BCUT2D eigenvalue weighted by atomic mass is 10.1. The van der Waals surface area contributed by atoms with Crippen LogP contribution in [0.25, 0.3) is 0 Å². The maximum absolute atomic E-state index is 11.9. The molecule has 0 spiro atoms. The summed E-state index contributed by atoms with van der Waals surface area (Å²) < 4.78 is 4.96. The third-order valence-electron chi connectivity index (χ3n) is 3.48. The second-order valence-corrected chi connectivity index (χ2v) is 5.99. The Hall–Kier alpha value is -2.04. The first kappa shape index (κ1) is 18.3. The van der Waals surface area contributed by atoms with E-state index in [0.29, 0.717) is 13.0 Å². The van der Waals surface area contributed by atoms with Crippen LogP contribution in [0, 0.1) is 6.92 Å². The summed E-state index contributed by atoms with van der Waals surface area (Å²) in [6.45, 7) is 2.13. The van der Waals surface area contributed by atoms with Crippen molar-refractivity contribution in [2.75, 3.05) is 13.2 Å². The van der Waals surface area contributed by atoms with Crippen molar-refractivity contribution in [2.45, 2.75) is 13.3 Å². The molecule has 1 N–H and O–H groups in total. The molecule has 4 nitrogen and oxygen atoms in total. The summed E-state index contributed by atoms with van der Waals surface area (Å²) in [4.78, 5) is 23.7. The van der Waals surface area contributed by atoms with Crippen LogP contribution in [0.4, 0.5) is 0 Å². The van der Waals surface area contributed by atoms with Gasteiger partial charge in [0, 0.05) is 6.54 Å². The van der Waals surface area contributed by atoms with E-state index in [4.69, 9.17) is 27.9 Å². The first-order chi connectivity index (χ1) is 11.5. The van der Waals surface area contributed by atoms with Gasteiger partial charge in [0.2, 0.25) is 0 Å². The van der Waals surface area contributed by atoms with Gasteiger partial charge in [-0.2, -0.15) is 0 Å². The monoisotopic (exact) mass is 365 g/mol. The maximum Gasteiger partial charge on any atom is 0.340 e. The smallest absolute Gasteiger partial charge is 0.340 e. The van der Waals surface area contributed by atoms with E-state index in [2.05, 4.69) is 5.32 Å². The minimum atomic E-state index is -0.684. The van der Waals surface area contributed by atoms with Crippen LogP contribution in [-0.2, 0) is 16.0 Å². The van der Waals surface area contributed by atoms with E-state index in [9.17, 15) is 9.59 Å². The van der Waals surface area contributed by atoms with Gasteiger partial charge in [-0.15, -0.1) is 0 Å². The fourth-order valence-electron chi connectivity index (χ4n) is 2.15. The summed E-state index contributed by atoms with van der Waals surface area (Å²) in [7, 11) is 0. The van der Waals surface area contributed by atoms with Gasteiger partial charge in [0.1, 0.15) is 0 Å². The minimum absolute atomic E-state index is 0.115. The molecule has 1 amide bonds. The Morgan fingerprint density at radius 3 is 2.58 bits per heavy atom. The van der Waals surface area contributed by atoms with Gasteiger partial charge in [0.05, 0.1) is 15.6 Å². The largest absolute Gasteiger partial charge is 0.452 e. The molecule has 0 saturated heterocycles. The van der Waals surface area contributed by atoms with Gasteiger partial charge in [0.15, 0.2) is 6.61 Å². The van der Waals surface area contributed by atoms with Crippen LogP contribution in [0.5, 0.6) is 0 Å². The number of halogens is 2. The second-order valence-electron chi connectivity index (χ2n) is 5.20. The zero-order chi connectivity index (χ0) is 17.5. The Bertz CT molecular complexity index is 747. The molecule has 0 heterocycles. The number of ether oxygens (including phenoxy) is 1. The second kappa shape index (κ2) is 8.71. The average Bonchev–Trinajstić information content (AvgIpc) is 2.57. The number of carbonyl (C=O) groups excluding carboxylic acids is 2. The van der Waals surface area contributed by atoms with Crippen LogP contribution in [0.15, 0.2) is 42.5 Å². The highest BCUT2D eigenvalue weighted by molar-refractivity contribution is 6.43. The Labute approximate surface area is 150 Å². The normalized spacial score (nSPS) is 10.3. The average molecular weight is 366 g/mol. The Morgan fingerprint density at radius 1 is 1.08 bits per heavy atom. The van der Waals surface area contributed by atoms with E-state index in [1.54, 1.807) is 12.1 Å². The van der Waals surface area contributed by atoms with Crippen molar-refractivity contribution < 1.29 is 14.3 Å². The topological polar surface area (TPSA) is 55.4 Å². The highest BCUT2D eigenvalue weighted by Crippen LogP contribution is 2.25. The highest BCUT2D eigenvalue weighted by atomic mass is 35.5. The molecule has 126 valence electrons. The molecule has 0 atom stereocenters. The van der Waals surface area contributed by atoms with Gasteiger partial charge in [-0.1, -0.05) is 53.5 Å². The van der Waals surface area contributed by atoms with Crippen LogP contribution in [0.1, 0.15) is 21.5 Å². The number of benzene rings is 2. The van der Waals surface area contributed by atoms with Gasteiger partial charge in [0.25, 0.3) is 5.91 Å². The predicted molar refractivity (Wildman–Crippen MR) is 94.6 cm³/mol. The maximum atomic E-state index is 11.9. The van der Waals surface area contributed by atoms with Gasteiger partial charge in [-0.05, 0) is 36.6 Å². The molecule has 0 aliphatic rings. The summed E-state index contributed by atoms with van der Waals surface area (Å²) in [5, 5.41) is 3.09. The first-order valence-electron chi connectivity index (χ1n) is 7.41. The predicted octanol–water partition coefficient (Wildman–Crippen LogP) is 3.82. The number of rotatable bonds is 6. The van der Waals surface area contributed by atoms with Gasteiger partial charge < -0.3 is 10.1 Å². The Morgan fingerprint density at radius 2 is 1.83 bits per heavy atom. The van der Waals surface area contributed by atoms with E-state index in [1.807, 2.05) is 31.2 Å². The van der Waals surface area contributed by atoms with Crippen molar-refractivity contribution >= 4 is 35.1 Å². The van der Waals surface area contributed by atoms with Crippen molar-refractivity contribution in [2.24, 2.45) is 0 Å². The summed E-state index contributed by atoms with van der Waals surface area (Å²) in [5.74, 6) is -1.05. The molecule has 2 aromatic rings. The molecule has 0 aliphatic carbocycles. The van der Waals surface area contributed by atoms with Crippen LogP contribution >= 0.6 is 23.2 Å². The molecule has 2 rings (SSSR count). The molecular weight excluding hydrogens is 349 g/mol. The molecule has 0 bridgehead atoms. The van der Waals surface area contributed by atoms with Gasteiger partial charge in [-0.25, -0.2) is 4.79 Å². The third kappa shape index (κ3) is 4.98. The molecule has 0 fully saturated rings. The molecular formula is C18H17Cl2NO3. The number of hydrogen-bond donors (Lipinski definition) is 1. The summed E-state index contributed by atoms with van der Waals surface area (Å²) in [6, 6.07) is 12.6. The molecule has 0 aromatic heterocycles. The number of amides is 1. The number of hydrogen-bond acceptors (Lipinski definition) is 3. The van der Waals surface area contributed by atoms with E-state index in [1.165, 1.54) is 17.2 Å². The highest BCUT2D eigenvalue weighted by Gasteiger charge is 2.15. The Balaban J connectivity index is 1.78. The van der Waals surface area contributed by atoms with Crippen LogP contribution in [-0.4, -0.2) is 25.0 Å². The zero-order valence-electron chi connectivity index (χ0n) is 13.1. The standard InChI is InChI=1S/C18H17Cl2NO3/c1-12-5-2-3-6-13(12)9-10-21-16(22)11-24-18(23)14-7-4-8-15(19)17(14)20/h2-8H,9-11H2,1H3,(H,21,22). The number of esters is 1. The first-order valence-corrected chi connectivity index (χ1v) is 8.17. The number of aryl methyl sites for hydroxylation is 1. The van der Waals surface area contributed by atoms with Crippen LogP contribution < -0.4 is 5.32 Å². The Kier molecular flexibility index (Phi) is 6.64. The molecule has 0 saturated carbocycles. The van der Waals surface area contributed by atoms with E-state index >= 15 is 0 Å². The summed E-state index contributed by atoms with van der Waals surface area (Å²) >= 11 is 11.8. The SMILES string of the molecule is Cc1ccccc1CCNC(=O)COC(=O)c1cccc(Cl)c1Cl. The van der Waals surface area contributed by atoms with E-state index in [0.717, 1.165) is 0 Å². The molecule has 2 aromatic carbocycles. The van der Waals surface area contributed by atoms with Gasteiger partial charge >= 0.3 is 5.97 Å². The van der Waals surface area contributed by atoms with Crippen molar-refractivity contribution in [1.82, 2.24) is 5.32 Å². The fourth-order valence-corrected chi connectivity index (χ4v) is 2.53. The lowest BCUT2D eigenvalue weighted by Gasteiger charge is -2.09. The van der Waals surface area contributed by atoms with Crippen molar-refractivity contribution in [3.63, 3.8) is 0 Å². The molecule has 6 heteroatoms. The summed E-state index contributed by atoms with van der Waals surface area (Å²) in [6.07, 6.45) is 0.715. The van der Waals surface area contributed by atoms with Crippen molar-refractivity contribution in [1.29, 1.82) is 0 Å². The zero-order valence-corrected chi connectivity index (χ0v) is 14.7. The fraction of sp³-hybridized carbons (Fsp3) is 0.222. The molecule has 0 radical (unpaired) electrons. The number of nitrogens with one attached hydrogen (secondary N) is 1. The van der Waals surface area contributed by atoms with Crippen molar-refractivity contribution in [3.05, 3.63) is 69.2 Å². The van der Waals surface area contributed by atoms with Crippen molar-refractivity contribution in [3.8, 4) is 0 Å². The minimum Gasteiger partial charge on any atom is -0.452 e. The van der Waals surface area contributed by atoms with Gasteiger partial charge in [-0.3, -0.25) is 4.79 Å². The number of carbonyl (C=O) groups is 2. The quantitative estimate of drug-likeness (QED) is 0.791. The van der Waals surface area contributed by atoms with E-state index < -0.39 is 5.97 Å². The lowest BCUT2D eigenvalue weighted by Crippen LogP contribution is -2.30. The summed E-state index contributed by atoms with van der Waals surface area (Å²) in [5.41, 5.74) is 2.48. The molecule has 0 unspecified atom stereocenters. The van der Waals surface area contributed by atoms with Crippen LogP contribution in [0.2, 0.25) is 10.0 Å². The molecule has 24 heavy (non-hydrogen) atoms. The third-order valence-corrected chi connectivity index (χ3v) is 4.30. The van der Waals surface area contributed by atoms with E-state index in [-0.39, 0.29) is 28.1 Å². The lowest BCUT2D eigenvalue weighted by molar-refractivity contribution is -0.124.